The number of carboxylic acids is 1. The molecule has 1 aromatic heterocycles. The Morgan fingerprint density at radius 1 is 1.13 bits per heavy atom. The number of ether oxygens (including phenoxy) is 2. The maximum absolute atomic E-state index is 13.3. The van der Waals surface area contributed by atoms with Crippen LogP contribution in [0.2, 0.25) is 0 Å². The van der Waals surface area contributed by atoms with Crippen LogP contribution < -0.4 is 4.74 Å². The number of phenolic OH excluding ortho intramolecular Hbond substituents is 1. The highest BCUT2D eigenvalue weighted by Crippen LogP contribution is 2.34. The van der Waals surface area contributed by atoms with Crippen LogP contribution in [0.4, 0.5) is 0 Å². The fourth-order valence-corrected chi connectivity index (χ4v) is 5.46. The molecule has 3 aromatic rings. The summed E-state index contributed by atoms with van der Waals surface area (Å²) in [6, 6.07) is 11.9. The fraction of sp³-hybridized carbons (Fsp3) is 0.379. The standard InChI is InChI=1S/C29H33N3O6/c1-37-27-17-20(7-9-26(27)33)8-10-28(34)32-19-25-22(18-24(32)29(35)36)21-5-2-3-6-23(21)31(25)12-4-11-30-13-15-38-16-14-30/h2-3,5-10,17,24,33H,4,11-16,18-19H2,1H3,(H,35,36)/b10-8-/t24-/m0/s1. The van der Waals surface area contributed by atoms with Crippen LogP contribution in [0.1, 0.15) is 23.2 Å². The lowest BCUT2D eigenvalue weighted by atomic mass is 9.96. The molecular weight excluding hydrogens is 486 g/mol. The van der Waals surface area contributed by atoms with E-state index in [-0.39, 0.29) is 24.6 Å². The molecule has 38 heavy (non-hydrogen) atoms. The monoisotopic (exact) mass is 519 g/mol. The van der Waals surface area contributed by atoms with Crippen LogP contribution in [0.3, 0.4) is 0 Å². The Bertz CT molecular complexity index is 1360. The van der Waals surface area contributed by atoms with Crippen molar-refractivity contribution in [1.29, 1.82) is 0 Å². The number of phenols is 1. The molecule has 9 heteroatoms. The summed E-state index contributed by atoms with van der Waals surface area (Å²) in [5.74, 6) is -1.09. The van der Waals surface area contributed by atoms with Crippen molar-refractivity contribution in [3.8, 4) is 11.5 Å². The predicted octanol–water partition coefficient (Wildman–Crippen LogP) is 3.13. The van der Waals surface area contributed by atoms with Gasteiger partial charge in [0.15, 0.2) is 11.5 Å². The number of aromatic hydroxyl groups is 1. The van der Waals surface area contributed by atoms with Crippen molar-refractivity contribution in [3.63, 3.8) is 0 Å². The van der Waals surface area contributed by atoms with E-state index in [0.29, 0.717) is 11.3 Å². The van der Waals surface area contributed by atoms with Crippen LogP contribution in [0, 0.1) is 0 Å². The van der Waals surface area contributed by atoms with Crippen LogP contribution >= 0.6 is 0 Å². The molecule has 0 unspecified atom stereocenters. The first-order valence-electron chi connectivity index (χ1n) is 12.9. The normalized spacial score (nSPS) is 18.1. The Morgan fingerprint density at radius 3 is 2.68 bits per heavy atom. The van der Waals surface area contributed by atoms with Crippen molar-refractivity contribution >= 4 is 28.9 Å². The molecule has 200 valence electrons. The first-order valence-corrected chi connectivity index (χ1v) is 12.9. The second-order valence-electron chi connectivity index (χ2n) is 9.69. The Kier molecular flexibility index (Phi) is 7.67. The van der Waals surface area contributed by atoms with Crippen LogP contribution in [0.15, 0.2) is 48.5 Å². The van der Waals surface area contributed by atoms with Gasteiger partial charge in [0.25, 0.3) is 0 Å². The number of aromatic nitrogens is 1. The summed E-state index contributed by atoms with van der Waals surface area (Å²) in [6.07, 6.45) is 4.20. The maximum Gasteiger partial charge on any atom is 0.326 e. The Labute approximate surface area is 221 Å². The Hall–Kier alpha value is -3.82. The Morgan fingerprint density at radius 2 is 1.92 bits per heavy atom. The van der Waals surface area contributed by atoms with Gasteiger partial charge in [-0.2, -0.15) is 0 Å². The van der Waals surface area contributed by atoms with E-state index < -0.39 is 12.0 Å². The van der Waals surface area contributed by atoms with Gasteiger partial charge < -0.3 is 29.2 Å². The maximum atomic E-state index is 13.3. The van der Waals surface area contributed by atoms with Crippen molar-refractivity contribution < 1.29 is 29.3 Å². The van der Waals surface area contributed by atoms with E-state index in [0.717, 1.165) is 68.0 Å². The zero-order valence-corrected chi connectivity index (χ0v) is 21.5. The number of morpholine rings is 1. The summed E-state index contributed by atoms with van der Waals surface area (Å²) in [5.41, 5.74) is 3.74. The second kappa shape index (κ2) is 11.3. The first-order chi connectivity index (χ1) is 18.5. The minimum Gasteiger partial charge on any atom is -0.504 e. The molecule has 1 atom stereocenters. The highest BCUT2D eigenvalue weighted by molar-refractivity contribution is 5.96. The topological polar surface area (TPSA) is 104 Å². The molecule has 0 bridgehead atoms. The highest BCUT2D eigenvalue weighted by Gasteiger charge is 2.36. The van der Waals surface area contributed by atoms with E-state index >= 15 is 0 Å². The summed E-state index contributed by atoms with van der Waals surface area (Å²) in [6.45, 7) is 5.37. The molecule has 2 aromatic carbocycles. The molecule has 0 saturated carbocycles. The number of aliphatic carboxylic acids is 1. The summed E-state index contributed by atoms with van der Waals surface area (Å²) in [5, 5.41) is 20.9. The highest BCUT2D eigenvalue weighted by atomic mass is 16.5. The third-order valence-corrected chi connectivity index (χ3v) is 7.44. The van der Waals surface area contributed by atoms with Crippen molar-refractivity contribution in [3.05, 3.63) is 65.4 Å². The molecule has 1 fully saturated rings. The smallest absolute Gasteiger partial charge is 0.326 e. The number of fused-ring (bicyclic) bond motifs is 3. The number of hydrogen-bond donors (Lipinski definition) is 2. The molecule has 2 N–H and O–H groups in total. The van der Waals surface area contributed by atoms with Gasteiger partial charge >= 0.3 is 5.97 Å². The molecule has 0 spiro atoms. The average Bonchev–Trinajstić information content (AvgIpc) is 3.25. The van der Waals surface area contributed by atoms with E-state index in [1.807, 2.05) is 18.2 Å². The lowest BCUT2D eigenvalue weighted by Crippen LogP contribution is -2.48. The number of nitrogens with zero attached hydrogens (tertiary/aromatic N) is 3. The minimum absolute atomic E-state index is 0.00641. The number of benzene rings is 2. The van der Waals surface area contributed by atoms with Crippen LogP contribution in [-0.2, 0) is 33.8 Å². The summed E-state index contributed by atoms with van der Waals surface area (Å²) in [7, 11) is 1.45. The molecule has 1 saturated heterocycles. The van der Waals surface area contributed by atoms with Gasteiger partial charge in [-0.1, -0.05) is 24.3 Å². The van der Waals surface area contributed by atoms with E-state index in [1.165, 1.54) is 24.2 Å². The lowest BCUT2D eigenvalue weighted by Gasteiger charge is -2.33. The molecule has 5 rings (SSSR count). The second-order valence-corrected chi connectivity index (χ2v) is 9.69. The minimum atomic E-state index is -1.02. The van der Waals surface area contributed by atoms with E-state index in [9.17, 15) is 19.8 Å². The molecule has 1 amide bonds. The third kappa shape index (κ3) is 5.25. The summed E-state index contributed by atoms with van der Waals surface area (Å²) >= 11 is 0. The number of carboxylic acid groups (broad SMARTS) is 1. The van der Waals surface area contributed by atoms with E-state index in [2.05, 4.69) is 15.5 Å². The zero-order chi connectivity index (χ0) is 26.6. The molecule has 2 aliphatic heterocycles. The third-order valence-electron chi connectivity index (χ3n) is 7.44. The Balaban J connectivity index is 1.41. The van der Waals surface area contributed by atoms with Crippen molar-refractivity contribution in [2.75, 3.05) is 40.0 Å². The summed E-state index contributed by atoms with van der Waals surface area (Å²) in [4.78, 5) is 29.5. The van der Waals surface area contributed by atoms with E-state index in [1.54, 1.807) is 18.2 Å². The largest absolute Gasteiger partial charge is 0.504 e. The number of carbonyl (C=O) groups is 2. The van der Waals surface area contributed by atoms with E-state index in [4.69, 9.17) is 9.47 Å². The molecule has 2 aliphatic rings. The molecule has 0 radical (unpaired) electrons. The first kappa shape index (κ1) is 25.8. The van der Waals surface area contributed by atoms with Gasteiger partial charge in [-0.15, -0.1) is 0 Å². The number of rotatable bonds is 8. The number of amides is 1. The van der Waals surface area contributed by atoms with Crippen LogP contribution in [0.25, 0.3) is 17.0 Å². The number of hydrogen-bond acceptors (Lipinski definition) is 6. The van der Waals surface area contributed by atoms with Crippen LogP contribution in [-0.4, -0.2) is 82.5 Å². The van der Waals surface area contributed by atoms with Gasteiger partial charge in [-0.25, -0.2) is 4.79 Å². The number of para-hydroxylation sites is 1. The van der Waals surface area contributed by atoms with Crippen molar-refractivity contribution in [1.82, 2.24) is 14.4 Å². The van der Waals surface area contributed by atoms with Crippen molar-refractivity contribution in [2.24, 2.45) is 0 Å². The zero-order valence-electron chi connectivity index (χ0n) is 21.5. The predicted molar refractivity (Wildman–Crippen MR) is 143 cm³/mol. The average molecular weight is 520 g/mol. The molecule has 0 aliphatic carbocycles. The lowest BCUT2D eigenvalue weighted by molar-refractivity contribution is -0.149. The van der Waals surface area contributed by atoms with Gasteiger partial charge in [0.1, 0.15) is 6.04 Å². The molecule has 3 heterocycles. The van der Waals surface area contributed by atoms with Gasteiger partial charge in [0, 0.05) is 55.3 Å². The van der Waals surface area contributed by atoms with Gasteiger partial charge in [0.2, 0.25) is 5.91 Å². The SMILES string of the molecule is COc1cc(/C=C\C(=O)N2Cc3c(c4ccccc4n3CCCN3CCOCC3)C[C@H]2C(=O)O)ccc1O. The number of methoxy groups -OCH3 is 1. The quantitative estimate of drug-likeness (QED) is 0.441. The molecule has 9 nitrogen and oxygen atoms in total. The van der Waals surface area contributed by atoms with Gasteiger partial charge in [-0.05, 0) is 41.8 Å². The number of carbonyl (C=O) groups excluding carboxylic acids is 1. The van der Waals surface area contributed by atoms with Crippen molar-refractivity contribution in [2.45, 2.75) is 32.0 Å². The van der Waals surface area contributed by atoms with Crippen LogP contribution in [0.5, 0.6) is 11.5 Å². The fourth-order valence-electron chi connectivity index (χ4n) is 5.46. The van der Waals surface area contributed by atoms with Gasteiger partial charge in [0.05, 0.1) is 26.9 Å². The summed E-state index contributed by atoms with van der Waals surface area (Å²) < 4.78 is 12.9. The molecular formula is C29H33N3O6. The number of aryl methyl sites for hydroxylation is 1. The van der Waals surface area contributed by atoms with Gasteiger partial charge in [-0.3, -0.25) is 9.69 Å².